The SMILES string of the molecule is NCCC(=O)NCCC(=O)Nc1ccc2c(c1)C(=O)c1ccc(NC(=O)CCNC(=O)CCN)cc1C2=O.O=C(O)C(F)(F)F.O=C(O)C(F)(F)F. The molecule has 0 radical (unpaired) electrons. The van der Waals surface area contributed by atoms with Gasteiger partial charge in [-0.25, -0.2) is 9.59 Å². The number of benzene rings is 2. The molecule has 0 unspecified atom stereocenters. The minimum absolute atomic E-state index is 0.0255. The number of nitrogens with one attached hydrogen (secondary N) is 4. The molecule has 0 bridgehead atoms. The van der Waals surface area contributed by atoms with E-state index in [9.17, 15) is 55.1 Å². The molecule has 52 heavy (non-hydrogen) atoms. The van der Waals surface area contributed by atoms with Gasteiger partial charge in [0.25, 0.3) is 0 Å². The van der Waals surface area contributed by atoms with Crippen LogP contribution >= 0.6 is 0 Å². The predicted molar refractivity (Wildman–Crippen MR) is 167 cm³/mol. The van der Waals surface area contributed by atoms with E-state index in [-0.39, 0.29) is 109 Å². The maximum Gasteiger partial charge on any atom is 0.490 e. The molecule has 0 saturated carbocycles. The van der Waals surface area contributed by atoms with Gasteiger partial charge in [-0.1, -0.05) is 0 Å². The maximum atomic E-state index is 13.1. The molecule has 0 saturated heterocycles. The van der Waals surface area contributed by atoms with Gasteiger partial charge in [-0.15, -0.1) is 0 Å². The second-order valence-corrected chi connectivity index (χ2v) is 10.2. The van der Waals surface area contributed by atoms with Crippen LogP contribution < -0.4 is 32.7 Å². The molecule has 16 nitrogen and oxygen atoms in total. The number of alkyl halides is 6. The van der Waals surface area contributed by atoms with Gasteiger partial charge in [0, 0.05) is 85.5 Å². The fraction of sp³-hybridized carbons (Fsp3) is 0.333. The smallest absolute Gasteiger partial charge is 0.475 e. The number of rotatable bonds is 12. The van der Waals surface area contributed by atoms with E-state index >= 15 is 0 Å². The molecule has 1 aliphatic rings. The number of carboxylic acid groups (broad SMARTS) is 2. The number of carbonyl (C=O) groups excluding carboxylic acids is 6. The zero-order valence-corrected chi connectivity index (χ0v) is 26.7. The average Bonchev–Trinajstić information content (AvgIpc) is 3.03. The van der Waals surface area contributed by atoms with Crippen LogP contribution in [0.2, 0.25) is 0 Å². The molecule has 3 rings (SSSR count). The summed E-state index contributed by atoms with van der Waals surface area (Å²) in [4.78, 5) is 91.4. The summed E-state index contributed by atoms with van der Waals surface area (Å²) in [7, 11) is 0. The second kappa shape index (κ2) is 20.1. The van der Waals surface area contributed by atoms with E-state index in [1.54, 1.807) is 0 Å². The van der Waals surface area contributed by atoms with E-state index in [0.717, 1.165) is 0 Å². The molecule has 22 heteroatoms. The molecular weight excluding hydrogens is 718 g/mol. The zero-order chi connectivity index (χ0) is 39.8. The largest absolute Gasteiger partial charge is 0.490 e. The molecule has 0 aromatic heterocycles. The van der Waals surface area contributed by atoms with Crippen molar-refractivity contribution in [2.24, 2.45) is 11.5 Å². The first-order valence-electron chi connectivity index (χ1n) is 14.6. The second-order valence-electron chi connectivity index (χ2n) is 10.2. The number of anilines is 2. The fourth-order valence-electron chi connectivity index (χ4n) is 3.82. The molecule has 0 heterocycles. The lowest BCUT2D eigenvalue weighted by Gasteiger charge is -2.19. The molecule has 2 aromatic carbocycles. The molecule has 284 valence electrons. The van der Waals surface area contributed by atoms with Crippen molar-refractivity contribution in [2.45, 2.75) is 38.0 Å². The molecule has 0 aliphatic heterocycles. The number of aliphatic carboxylic acids is 2. The Morgan fingerprint density at radius 1 is 0.538 bits per heavy atom. The quantitative estimate of drug-likeness (QED) is 0.122. The van der Waals surface area contributed by atoms with Crippen LogP contribution in [-0.4, -0.2) is 95.9 Å². The van der Waals surface area contributed by atoms with Gasteiger partial charge < -0.3 is 42.9 Å². The summed E-state index contributed by atoms with van der Waals surface area (Å²) in [6, 6.07) is 8.85. The highest BCUT2D eigenvalue weighted by Gasteiger charge is 2.39. The number of carboxylic acids is 2. The molecule has 0 atom stereocenters. The molecule has 2 aromatic rings. The fourth-order valence-corrected chi connectivity index (χ4v) is 3.82. The van der Waals surface area contributed by atoms with Crippen LogP contribution in [0.5, 0.6) is 0 Å². The Morgan fingerprint density at radius 3 is 1.12 bits per heavy atom. The van der Waals surface area contributed by atoms with E-state index in [0.29, 0.717) is 11.4 Å². The minimum atomic E-state index is -5.08. The van der Waals surface area contributed by atoms with Gasteiger partial charge in [0.05, 0.1) is 0 Å². The Kier molecular flexibility index (Phi) is 17.0. The highest BCUT2D eigenvalue weighted by Crippen LogP contribution is 2.31. The number of ketones is 2. The third kappa shape index (κ3) is 14.9. The van der Waals surface area contributed by atoms with Crippen molar-refractivity contribution in [1.29, 1.82) is 0 Å². The van der Waals surface area contributed by atoms with Crippen LogP contribution in [-0.2, 0) is 28.8 Å². The maximum absolute atomic E-state index is 13.1. The van der Waals surface area contributed by atoms with Crippen molar-refractivity contribution < 1.29 is 74.9 Å². The van der Waals surface area contributed by atoms with Crippen LogP contribution in [0.3, 0.4) is 0 Å². The molecular formula is C30H32F6N6O10. The monoisotopic (exact) mass is 750 g/mol. The Hall–Kier alpha value is -5.90. The number of carbonyl (C=O) groups is 8. The summed E-state index contributed by atoms with van der Waals surface area (Å²) < 4.78 is 63.5. The van der Waals surface area contributed by atoms with Crippen molar-refractivity contribution in [2.75, 3.05) is 36.8 Å². The Balaban J connectivity index is 0.000000812. The lowest BCUT2D eigenvalue weighted by molar-refractivity contribution is -0.193. The van der Waals surface area contributed by atoms with Crippen LogP contribution in [0.4, 0.5) is 37.7 Å². The number of amides is 4. The normalized spacial score (nSPS) is 11.6. The number of nitrogens with two attached hydrogens (primary N) is 2. The number of halogens is 6. The van der Waals surface area contributed by atoms with Crippen LogP contribution in [0.25, 0.3) is 0 Å². The summed E-state index contributed by atoms with van der Waals surface area (Å²) in [6.45, 7) is 0.718. The van der Waals surface area contributed by atoms with Crippen molar-refractivity contribution >= 4 is 58.5 Å². The van der Waals surface area contributed by atoms with Gasteiger partial charge in [-0.05, 0) is 36.4 Å². The molecule has 0 fully saturated rings. The van der Waals surface area contributed by atoms with Crippen molar-refractivity contribution in [1.82, 2.24) is 10.6 Å². The first-order valence-corrected chi connectivity index (χ1v) is 14.6. The molecule has 10 N–H and O–H groups in total. The first kappa shape index (κ1) is 44.1. The highest BCUT2D eigenvalue weighted by atomic mass is 19.4. The van der Waals surface area contributed by atoms with E-state index in [1.165, 1.54) is 36.4 Å². The molecule has 1 aliphatic carbocycles. The Bertz CT molecular complexity index is 1560. The van der Waals surface area contributed by atoms with Gasteiger partial charge in [0.15, 0.2) is 11.6 Å². The van der Waals surface area contributed by atoms with Gasteiger partial charge in [0.2, 0.25) is 23.6 Å². The third-order valence-electron chi connectivity index (χ3n) is 6.16. The lowest BCUT2D eigenvalue weighted by atomic mass is 9.83. The zero-order valence-electron chi connectivity index (χ0n) is 26.7. The molecule has 0 spiro atoms. The Labute approximate surface area is 289 Å². The molecule has 4 amide bonds. The first-order chi connectivity index (χ1) is 24.1. The topological polar surface area (TPSA) is 277 Å². The lowest BCUT2D eigenvalue weighted by Crippen LogP contribution is -2.29. The average molecular weight is 751 g/mol. The van der Waals surface area contributed by atoms with Crippen LogP contribution in [0.1, 0.15) is 57.5 Å². The van der Waals surface area contributed by atoms with Gasteiger partial charge in [0.1, 0.15) is 0 Å². The van der Waals surface area contributed by atoms with E-state index in [4.69, 9.17) is 31.3 Å². The van der Waals surface area contributed by atoms with Gasteiger partial charge >= 0.3 is 24.3 Å². The van der Waals surface area contributed by atoms with Crippen LogP contribution in [0, 0.1) is 0 Å². The number of fused-ring (bicyclic) bond motifs is 2. The van der Waals surface area contributed by atoms with Crippen molar-refractivity contribution in [3.63, 3.8) is 0 Å². The predicted octanol–water partition coefficient (Wildman–Crippen LogP) is 1.32. The highest BCUT2D eigenvalue weighted by molar-refractivity contribution is 6.29. The van der Waals surface area contributed by atoms with Gasteiger partial charge in [-0.3, -0.25) is 28.8 Å². The summed E-state index contributed by atoms with van der Waals surface area (Å²) in [5, 5.41) is 24.7. The third-order valence-corrected chi connectivity index (χ3v) is 6.16. The van der Waals surface area contributed by atoms with E-state index in [1.807, 2.05) is 0 Å². The summed E-state index contributed by atoms with van der Waals surface area (Å²) in [5.74, 6) is -7.52. The summed E-state index contributed by atoms with van der Waals surface area (Å²) >= 11 is 0. The number of hydrogen-bond acceptors (Lipinski definition) is 10. The summed E-state index contributed by atoms with van der Waals surface area (Å²) in [6.07, 6.45) is -9.77. The van der Waals surface area contributed by atoms with Crippen molar-refractivity contribution in [3.8, 4) is 0 Å². The number of hydrogen-bond donors (Lipinski definition) is 8. The van der Waals surface area contributed by atoms with E-state index in [2.05, 4.69) is 21.3 Å². The standard InChI is InChI=1S/C26H30N6O6.2C2HF3O2/c27-9-5-21(33)29-11-7-23(35)31-15-1-3-17-19(13-15)26(38)18-4-2-16(14-20(18)25(17)37)32-24(36)8-12-30-22(34)6-10-28;2*3-2(4,5)1(6)7/h1-4,13-14H,5-12,27-28H2,(H,29,33)(H,30,34)(H,31,35)(H,32,36);2*(H,6,7). The van der Waals surface area contributed by atoms with Crippen molar-refractivity contribution in [3.05, 3.63) is 58.7 Å². The summed E-state index contributed by atoms with van der Waals surface area (Å²) in [5.41, 5.74) is 12.0. The van der Waals surface area contributed by atoms with Crippen LogP contribution in [0.15, 0.2) is 36.4 Å². The minimum Gasteiger partial charge on any atom is -0.475 e. The van der Waals surface area contributed by atoms with E-state index < -0.39 is 24.3 Å². The Morgan fingerprint density at radius 2 is 0.846 bits per heavy atom. The van der Waals surface area contributed by atoms with Gasteiger partial charge in [-0.2, -0.15) is 26.3 Å².